The summed E-state index contributed by atoms with van der Waals surface area (Å²) in [5, 5.41) is 3.36. The van der Waals surface area contributed by atoms with Crippen molar-refractivity contribution in [1.29, 1.82) is 0 Å². The Labute approximate surface area is 97.6 Å². The quantitative estimate of drug-likeness (QED) is 0.761. The average molecular weight is 213 g/mol. The second-order valence-corrected chi connectivity index (χ2v) is 5.11. The molecule has 2 aliphatic carbocycles. The third-order valence-corrected chi connectivity index (χ3v) is 4.25. The first-order chi connectivity index (χ1) is 7.90. The molecule has 1 aromatic carbocycles. The Balaban J connectivity index is 1.91. The van der Waals surface area contributed by atoms with Gasteiger partial charge in [-0.05, 0) is 49.2 Å². The Bertz CT molecular complexity index is 382. The van der Waals surface area contributed by atoms with E-state index in [1.807, 2.05) is 0 Å². The van der Waals surface area contributed by atoms with Crippen LogP contribution in [0.2, 0.25) is 0 Å². The SMILES string of the molecule is CNCC1C2C=CC(C2)C1c1ccccc1. The molecule has 84 valence electrons. The molecular formula is C15H19N. The Morgan fingerprint density at radius 2 is 1.88 bits per heavy atom. The molecule has 16 heavy (non-hydrogen) atoms. The fourth-order valence-corrected chi connectivity index (χ4v) is 3.61. The standard InChI is InChI=1S/C15H19N/c1-16-10-14-12-7-8-13(9-12)15(14)11-5-3-2-4-6-11/h2-8,12-16H,9-10H2,1H3. The number of allylic oxidation sites excluding steroid dienone is 2. The average Bonchev–Trinajstić information content (AvgIpc) is 2.91. The van der Waals surface area contributed by atoms with Crippen LogP contribution in [0.1, 0.15) is 17.9 Å². The molecule has 0 saturated heterocycles. The van der Waals surface area contributed by atoms with E-state index >= 15 is 0 Å². The molecule has 1 heteroatoms. The lowest BCUT2D eigenvalue weighted by molar-refractivity contribution is 0.381. The van der Waals surface area contributed by atoms with E-state index in [1.54, 1.807) is 0 Å². The molecule has 0 aliphatic heterocycles. The summed E-state index contributed by atoms with van der Waals surface area (Å²) in [5.74, 6) is 3.12. The first kappa shape index (κ1) is 10.1. The van der Waals surface area contributed by atoms with Crippen LogP contribution in [0, 0.1) is 17.8 Å². The van der Waals surface area contributed by atoms with Gasteiger partial charge in [0.2, 0.25) is 0 Å². The van der Waals surface area contributed by atoms with Crippen molar-refractivity contribution in [3.63, 3.8) is 0 Å². The molecule has 0 spiro atoms. The maximum absolute atomic E-state index is 3.36. The lowest BCUT2D eigenvalue weighted by Crippen LogP contribution is -2.27. The molecule has 0 heterocycles. The summed E-state index contributed by atoms with van der Waals surface area (Å²) < 4.78 is 0. The second-order valence-electron chi connectivity index (χ2n) is 5.11. The lowest BCUT2D eigenvalue weighted by atomic mass is 9.78. The number of fused-ring (bicyclic) bond motifs is 2. The van der Waals surface area contributed by atoms with Crippen molar-refractivity contribution in [3.8, 4) is 0 Å². The number of hydrogen-bond donors (Lipinski definition) is 1. The summed E-state index contributed by atoms with van der Waals surface area (Å²) in [5.41, 5.74) is 1.53. The minimum Gasteiger partial charge on any atom is -0.319 e. The maximum Gasteiger partial charge on any atom is -0.00118 e. The van der Waals surface area contributed by atoms with Gasteiger partial charge in [0.1, 0.15) is 0 Å². The lowest BCUT2D eigenvalue weighted by Gasteiger charge is -2.28. The largest absolute Gasteiger partial charge is 0.319 e. The summed E-state index contributed by atoms with van der Waals surface area (Å²) >= 11 is 0. The fraction of sp³-hybridized carbons (Fsp3) is 0.467. The van der Waals surface area contributed by atoms with Gasteiger partial charge in [-0.25, -0.2) is 0 Å². The van der Waals surface area contributed by atoms with Gasteiger partial charge in [0.15, 0.2) is 0 Å². The smallest absolute Gasteiger partial charge is 0.00118 e. The first-order valence-electron chi connectivity index (χ1n) is 6.28. The van der Waals surface area contributed by atoms with Crippen molar-refractivity contribution in [2.24, 2.45) is 17.8 Å². The van der Waals surface area contributed by atoms with Crippen LogP contribution in [0.4, 0.5) is 0 Å². The predicted octanol–water partition coefficient (Wildman–Crippen LogP) is 2.81. The molecule has 1 aromatic rings. The van der Waals surface area contributed by atoms with Crippen LogP contribution in [0.25, 0.3) is 0 Å². The van der Waals surface area contributed by atoms with E-state index in [1.165, 1.54) is 12.0 Å². The number of nitrogens with one attached hydrogen (secondary N) is 1. The normalized spacial score (nSPS) is 35.8. The molecule has 0 amide bonds. The molecule has 1 saturated carbocycles. The highest BCUT2D eigenvalue weighted by Crippen LogP contribution is 2.52. The van der Waals surface area contributed by atoms with Gasteiger partial charge < -0.3 is 5.32 Å². The molecule has 2 aliphatic rings. The third kappa shape index (κ3) is 1.51. The fourth-order valence-electron chi connectivity index (χ4n) is 3.61. The van der Waals surface area contributed by atoms with Gasteiger partial charge in [0, 0.05) is 0 Å². The molecule has 4 unspecified atom stereocenters. The minimum atomic E-state index is 0.739. The number of rotatable bonds is 3. The topological polar surface area (TPSA) is 12.0 Å². The Morgan fingerprint density at radius 3 is 2.62 bits per heavy atom. The van der Waals surface area contributed by atoms with E-state index in [4.69, 9.17) is 0 Å². The summed E-state index contributed by atoms with van der Waals surface area (Å²) in [4.78, 5) is 0. The van der Waals surface area contributed by atoms with E-state index in [9.17, 15) is 0 Å². The molecule has 1 N–H and O–H groups in total. The summed E-state index contributed by atoms with van der Waals surface area (Å²) in [6, 6.07) is 11.0. The van der Waals surface area contributed by atoms with Crippen molar-refractivity contribution < 1.29 is 0 Å². The highest BCUT2D eigenvalue weighted by molar-refractivity contribution is 5.29. The molecular weight excluding hydrogens is 194 g/mol. The van der Waals surface area contributed by atoms with E-state index in [-0.39, 0.29) is 0 Å². The van der Waals surface area contributed by atoms with Crippen molar-refractivity contribution in [3.05, 3.63) is 48.0 Å². The molecule has 4 atom stereocenters. The highest BCUT2D eigenvalue weighted by Gasteiger charge is 2.44. The molecule has 0 aromatic heterocycles. The van der Waals surface area contributed by atoms with Crippen molar-refractivity contribution in [1.82, 2.24) is 5.32 Å². The van der Waals surface area contributed by atoms with Gasteiger partial charge in [0.25, 0.3) is 0 Å². The first-order valence-corrected chi connectivity index (χ1v) is 6.28. The Kier molecular flexibility index (Phi) is 2.56. The van der Waals surface area contributed by atoms with Crippen LogP contribution in [-0.2, 0) is 0 Å². The van der Waals surface area contributed by atoms with Crippen LogP contribution in [0.5, 0.6) is 0 Å². The maximum atomic E-state index is 3.36. The second kappa shape index (κ2) is 4.06. The predicted molar refractivity (Wildman–Crippen MR) is 67.3 cm³/mol. The van der Waals surface area contributed by atoms with Crippen molar-refractivity contribution in [2.45, 2.75) is 12.3 Å². The zero-order valence-corrected chi connectivity index (χ0v) is 9.77. The molecule has 1 nitrogen and oxygen atoms in total. The van der Waals surface area contributed by atoms with E-state index < -0.39 is 0 Å². The summed E-state index contributed by atoms with van der Waals surface area (Å²) in [6.45, 7) is 1.14. The minimum absolute atomic E-state index is 0.739. The van der Waals surface area contributed by atoms with Gasteiger partial charge in [-0.2, -0.15) is 0 Å². The third-order valence-electron chi connectivity index (χ3n) is 4.25. The van der Waals surface area contributed by atoms with E-state index in [0.717, 1.165) is 30.2 Å². The summed E-state index contributed by atoms with van der Waals surface area (Å²) in [6.07, 6.45) is 6.24. The van der Waals surface area contributed by atoms with Crippen LogP contribution in [-0.4, -0.2) is 13.6 Å². The molecule has 1 fully saturated rings. The Morgan fingerprint density at radius 1 is 1.12 bits per heavy atom. The van der Waals surface area contributed by atoms with E-state index in [0.29, 0.717) is 0 Å². The van der Waals surface area contributed by atoms with Crippen LogP contribution in [0.3, 0.4) is 0 Å². The zero-order valence-electron chi connectivity index (χ0n) is 9.77. The summed E-state index contributed by atoms with van der Waals surface area (Å²) in [7, 11) is 2.07. The van der Waals surface area contributed by atoms with Crippen molar-refractivity contribution >= 4 is 0 Å². The van der Waals surface area contributed by atoms with Gasteiger partial charge in [-0.3, -0.25) is 0 Å². The van der Waals surface area contributed by atoms with Crippen LogP contribution < -0.4 is 5.32 Å². The van der Waals surface area contributed by atoms with Crippen LogP contribution in [0.15, 0.2) is 42.5 Å². The van der Waals surface area contributed by atoms with Gasteiger partial charge >= 0.3 is 0 Å². The zero-order chi connectivity index (χ0) is 11.0. The van der Waals surface area contributed by atoms with Gasteiger partial charge in [0.05, 0.1) is 0 Å². The van der Waals surface area contributed by atoms with Crippen LogP contribution >= 0.6 is 0 Å². The molecule has 2 bridgehead atoms. The molecule has 0 radical (unpaired) electrons. The van der Waals surface area contributed by atoms with E-state index in [2.05, 4.69) is 54.8 Å². The number of hydrogen-bond acceptors (Lipinski definition) is 1. The van der Waals surface area contributed by atoms with Crippen molar-refractivity contribution in [2.75, 3.05) is 13.6 Å². The molecule has 3 rings (SSSR count). The Hall–Kier alpha value is -1.08. The van der Waals surface area contributed by atoms with Gasteiger partial charge in [-0.15, -0.1) is 0 Å². The monoisotopic (exact) mass is 213 g/mol. The number of benzene rings is 1. The highest BCUT2D eigenvalue weighted by atomic mass is 14.8. The van der Waals surface area contributed by atoms with Gasteiger partial charge in [-0.1, -0.05) is 42.5 Å².